The summed E-state index contributed by atoms with van der Waals surface area (Å²) in [6.07, 6.45) is 1.75. The third-order valence-corrected chi connectivity index (χ3v) is 4.69. The third kappa shape index (κ3) is 3.27. The molecule has 0 saturated carbocycles. The maximum absolute atomic E-state index is 12.5. The van der Waals surface area contributed by atoms with E-state index in [0.717, 1.165) is 38.2 Å². The molecule has 2 aliphatic rings. The zero-order valence-electron chi connectivity index (χ0n) is 12.9. The van der Waals surface area contributed by atoms with Gasteiger partial charge in [-0.05, 0) is 26.0 Å². The van der Waals surface area contributed by atoms with E-state index in [1.54, 1.807) is 0 Å². The number of aryl methyl sites for hydroxylation is 1. The predicted octanol–water partition coefficient (Wildman–Crippen LogP) is 1.47. The molecule has 3 rings (SSSR count). The SMILES string of the molecule is Cc1ccc(CC(=O)N2CCC3OCCN(C)[C@H]3C2)cc1. The van der Waals surface area contributed by atoms with Gasteiger partial charge in [0, 0.05) is 19.6 Å². The number of hydrogen-bond acceptors (Lipinski definition) is 3. The highest BCUT2D eigenvalue weighted by Crippen LogP contribution is 2.22. The molecule has 0 spiro atoms. The van der Waals surface area contributed by atoms with Gasteiger partial charge in [0.15, 0.2) is 0 Å². The molecule has 2 aliphatic heterocycles. The van der Waals surface area contributed by atoms with Crippen molar-refractivity contribution in [3.63, 3.8) is 0 Å². The van der Waals surface area contributed by atoms with E-state index in [2.05, 4.69) is 43.1 Å². The van der Waals surface area contributed by atoms with Crippen molar-refractivity contribution in [3.05, 3.63) is 35.4 Å². The van der Waals surface area contributed by atoms with Gasteiger partial charge in [0.25, 0.3) is 0 Å². The van der Waals surface area contributed by atoms with Crippen LogP contribution >= 0.6 is 0 Å². The van der Waals surface area contributed by atoms with Crippen molar-refractivity contribution in [1.82, 2.24) is 9.80 Å². The molecule has 2 saturated heterocycles. The molecule has 0 aromatic heterocycles. The lowest BCUT2D eigenvalue weighted by Gasteiger charge is -2.45. The molecule has 1 unspecified atom stereocenters. The largest absolute Gasteiger partial charge is 0.375 e. The predicted molar refractivity (Wildman–Crippen MR) is 82.2 cm³/mol. The van der Waals surface area contributed by atoms with Crippen LogP contribution in [0.15, 0.2) is 24.3 Å². The minimum absolute atomic E-state index is 0.233. The Morgan fingerprint density at radius 3 is 2.81 bits per heavy atom. The van der Waals surface area contributed by atoms with Crippen molar-refractivity contribution in [2.24, 2.45) is 0 Å². The monoisotopic (exact) mass is 288 g/mol. The number of ether oxygens (including phenoxy) is 1. The van der Waals surface area contributed by atoms with Crippen LogP contribution in [-0.2, 0) is 16.0 Å². The van der Waals surface area contributed by atoms with Crippen LogP contribution in [0, 0.1) is 6.92 Å². The van der Waals surface area contributed by atoms with Crippen molar-refractivity contribution < 1.29 is 9.53 Å². The first-order valence-corrected chi connectivity index (χ1v) is 7.78. The van der Waals surface area contributed by atoms with E-state index in [9.17, 15) is 4.79 Å². The maximum atomic E-state index is 12.5. The number of carbonyl (C=O) groups is 1. The Labute approximate surface area is 126 Å². The van der Waals surface area contributed by atoms with Gasteiger partial charge in [0.2, 0.25) is 5.91 Å². The molecule has 0 N–H and O–H groups in total. The van der Waals surface area contributed by atoms with Crippen molar-refractivity contribution in [1.29, 1.82) is 0 Å². The molecule has 0 radical (unpaired) electrons. The summed E-state index contributed by atoms with van der Waals surface area (Å²) in [6.45, 7) is 5.46. The number of fused-ring (bicyclic) bond motifs is 1. The highest BCUT2D eigenvalue weighted by atomic mass is 16.5. The van der Waals surface area contributed by atoms with E-state index in [-0.39, 0.29) is 5.91 Å². The Balaban J connectivity index is 1.61. The molecule has 21 heavy (non-hydrogen) atoms. The summed E-state index contributed by atoms with van der Waals surface area (Å²) < 4.78 is 5.83. The summed E-state index contributed by atoms with van der Waals surface area (Å²) in [4.78, 5) is 16.8. The number of likely N-dealkylation sites (N-methyl/N-ethyl adjacent to an activating group) is 1. The summed E-state index contributed by atoms with van der Waals surface area (Å²) in [5.41, 5.74) is 2.33. The normalized spacial score (nSPS) is 26.5. The van der Waals surface area contributed by atoms with Crippen molar-refractivity contribution in [2.45, 2.75) is 31.9 Å². The van der Waals surface area contributed by atoms with Gasteiger partial charge >= 0.3 is 0 Å². The first-order valence-electron chi connectivity index (χ1n) is 7.78. The van der Waals surface area contributed by atoms with E-state index < -0.39 is 0 Å². The standard InChI is InChI=1S/C17H24N2O2/c1-13-3-5-14(6-4-13)11-17(20)19-8-7-16-15(12-19)18(2)9-10-21-16/h3-6,15-16H,7-12H2,1-2H3/t15-,16?/m0/s1. The molecule has 4 nitrogen and oxygen atoms in total. The van der Waals surface area contributed by atoms with Gasteiger partial charge in [-0.3, -0.25) is 9.69 Å². The summed E-state index contributed by atoms with van der Waals surface area (Å²) in [5, 5.41) is 0. The molecular formula is C17H24N2O2. The lowest BCUT2D eigenvalue weighted by atomic mass is 9.98. The first-order chi connectivity index (χ1) is 10.1. The zero-order chi connectivity index (χ0) is 14.8. The second-order valence-corrected chi connectivity index (χ2v) is 6.25. The average Bonchev–Trinajstić information content (AvgIpc) is 2.50. The fraction of sp³-hybridized carbons (Fsp3) is 0.588. The van der Waals surface area contributed by atoms with E-state index in [1.165, 1.54) is 5.56 Å². The van der Waals surface area contributed by atoms with E-state index in [0.29, 0.717) is 18.6 Å². The van der Waals surface area contributed by atoms with Gasteiger partial charge < -0.3 is 9.64 Å². The topological polar surface area (TPSA) is 32.8 Å². The number of likely N-dealkylation sites (tertiary alicyclic amines) is 1. The molecule has 2 atom stereocenters. The van der Waals surface area contributed by atoms with Gasteiger partial charge in [-0.25, -0.2) is 0 Å². The van der Waals surface area contributed by atoms with Gasteiger partial charge in [-0.15, -0.1) is 0 Å². The van der Waals surface area contributed by atoms with Crippen molar-refractivity contribution >= 4 is 5.91 Å². The number of morpholine rings is 1. The molecule has 0 aliphatic carbocycles. The van der Waals surface area contributed by atoms with E-state index >= 15 is 0 Å². The van der Waals surface area contributed by atoms with Crippen LogP contribution in [0.5, 0.6) is 0 Å². The number of amides is 1. The smallest absolute Gasteiger partial charge is 0.227 e. The van der Waals surface area contributed by atoms with Crippen LogP contribution in [0.3, 0.4) is 0 Å². The molecule has 1 amide bonds. The summed E-state index contributed by atoms with van der Waals surface area (Å²) in [7, 11) is 2.13. The van der Waals surface area contributed by atoms with Crippen molar-refractivity contribution in [2.75, 3.05) is 33.3 Å². The molecule has 4 heteroatoms. The third-order valence-electron chi connectivity index (χ3n) is 4.69. The first kappa shape index (κ1) is 14.5. The second-order valence-electron chi connectivity index (χ2n) is 6.25. The quantitative estimate of drug-likeness (QED) is 0.826. The molecular weight excluding hydrogens is 264 g/mol. The lowest BCUT2D eigenvalue weighted by Crippen LogP contribution is -2.59. The fourth-order valence-corrected chi connectivity index (χ4v) is 3.26. The Morgan fingerprint density at radius 2 is 2.05 bits per heavy atom. The van der Waals surface area contributed by atoms with E-state index in [1.807, 2.05) is 4.90 Å². The molecule has 0 bridgehead atoms. The molecule has 2 fully saturated rings. The zero-order valence-corrected chi connectivity index (χ0v) is 12.9. The number of nitrogens with zero attached hydrogens (tertiary/aromatic N) is 2. The number of piperidine rings is 1. The number of benzene rings is 1. The number of rotatable bonds is 2. The highest BCUT2D eigenvalue weighted by Gasteiger charge is 2.36. The number of hydrogen-bond donors (Lipinski definition) is 0. The Morgan fingerprint density at radius 1 is 1.29 bits per heavy atom. The molecule has 114 valence electrons. The van der Waals surface area contributed by atoms with Crippen LogP contribution in [0.25, 0.3) is 0 Å². The van der Waals surface area contributed by atoms with E-state index in [4.69, 9.17) is 4.74 Å². The van der Waals surface area contributed by atoms with Crippen molar-refractivity contribution in [3.8, 4) is 0 Å². The Kier molecular flexibility index (Phi) is 4.27. The molecule has 2 heterocycles. The van der Waals surface area contributed by atoms with Gasteiger partial charge in [-0.1, -0.05) is 29.8 Å². The van der Waals surface area contributed by atoms with Crippen LogP contribution in [0.1, 0.15) is 17.5 Å². The summed E-state index contributed by atoms with van der Waals surface area (Å²) >= 11 is 0. The van der Waals surface area contributed by atoms with Crippen LogP contribution in [0.4, 0.5) is 0 Å². The summed E-state index contributed by atoms with van der Waals surface area (Å²) in [5.74, 6) is 0.233. The fourth-order valence-electron chi connectivity index (χ4n) is 3.26. The lowest BCUT2D eigenvalue weighted by molar-refractivity contribution is -0.140. The molecule has 1 aromatic rings. The van der Waals surface area contributed by atoms with Gasteiger partial charge in [-0.2, -0.15) is 0 Å². The van der Waals surface area contributed by atoms with Gasteiger partial charge in [0.05, 0.1) is 25.2 Å². The Bertz CT molecular complexity index is 500. The Hall–Kier alpha value is -1.39. The van der Waals surface area contributed by atoms with Crippen LogP contribution in [-0.4, -0.2) is 61.1 Å². The average molecular weight is 288 g/mol. The number of carbonyl (C=O) groups excluding carboxylic acids is 1. The van der Waals surface area contributed by atoms with Gasteiger partial charge in [0.1, 0.15) is 0 Å². The summed E-state index contributed by atoms with van der Waals surface area (Å²) in [6, 6.07) is 8.59. The molecule has 1 aromatic carbocycles. The van der Waals surface area contributed by atoms with Crippen LogP contribution in [0.2, 0.25) is 0 Å². The minimum atomic E-state index is 0.233. The maximum Gasteiger partial charge on any atom is 0.227 e. The second kappa shape index (κ2) is 6.16. The highest BCUT2D eigenvalue weighted by molar-refractivity contribution is 5.79. The minimum Gasteiger partial charge on any atom is -0.375 e. The van der Waals surface area contributed by atoms with Crippen LogP contribution < -0.4 is 0 Å².